The van der Waals surface area contributed by atoms with Gasteiger partial charge in [-0.25, -0.2) is 4.98 Å². The van der Waals surface area contributed by atoms with Crippen molar-refractivity contribution in [2.75, 3.05) is 11.9 Å². The van der Waals surface area contributed by atoms with Crippen LogP contribution in [0.2, 0.25) is 0 Å². The lowest BCUT2D eigenvalue weighted by Gasteiger charge is -2.21. The zero-order valence-corrected chi connectivity index (χ0v) is 20.2. The number of anilines is 2. The fraction of sp³-hybridized carbons (Fsp3) is 0.414. The number of hydrogen-bond acceptors (Lipinski definition) is 5. The Morgan fingerprint density at radius 2 is 1.86 bits per heavy atom. The van der Waals surface area contributed by atoms with Gasteiger partial charge in [-0.1, -0.05) is 44.2 Å². The third-order valence-electron chi connectivity index (χ3n) is 6.96. The van der Waals surface area contributed by atoms with Crippen LogP contribution in [0.5, 0.6) is 5.75 Å². The maximum Gasteiger partial charge on any atom is 0.269 e. The van der Waals surface area contributed by atoms with Crippen LogP contribution in [-0.4, -0.2) is 22.4 Å². The van der Waals surface area contributed by atoms with Crippen LogP contribution in [0.1, 0.15) is 79.0 Å². The van der Waals surface area contributed by atoms with E-state index in [0.717, 1.165) is 29.5 Å². The molecule has 0 unspecified atom stereocenters. The number of nitrogens with one attached hydrogen (secondary N) is 2. The Morgan fingerprint density at radius 1 is 0.971 bits per heavy atom. The number of aromatic nitrogens is 2. The number of rotatable bonds is 10. The van der Waals surface area contributed by atoms with Gasteiger partial charge in [0.15, 0.2) is 0 Å². The molecule has 2 saturated carbocycles. The molecule has 182 valence electrons. The van der Waals surface area contributed by atoms with E-state index in [0.29, 0.717) is 30.6 Å². The van der Waals surface area contributed by atoms with Crippen molar-refractivity contribution in [2.24, 2.45) is 5.92 Å². The Bertz CT molecular complexity index is 1120. The van der Waals surface area contributed by atoms with Gasteiger partial charge in [-0.3, -0.25) is 9.78 Å². The van der Waals surface area contributed by atoms with Gasteiger partial charge in [-0.05, 0) is 79.1 Å². The van der Waals surface area contributed by atoms with E-state index in [1.54, 1.807) is 12.3 Å². The van der Waals surface area contributed by atoms with Crippen molar-refractivity contribution >= 4 is 17.4 Å². The van der Waals surface area contributed by atoms with E-state index in [1.165, 1.54) is 50.5 Å². The van der Waals surface area contributed by atoms with Gasteiger partial charge >= 0.3 is 0 Å². The van der Waals surface area contributed by atoms with Gasteiger partial charge in [0.25, 0.3) is 5.91 Å². The average Bonchev–Trinajstić information content (AvgIpc) is 3.75. The second-order valence-corrected chi connectivity index (χ2v) is 9.71. The van der Waals surface area contributed by atoms with Crippen LogP contribution in [0, 0.1) is 5.92 Å². The van der Waals surface area contributed by atoms with E-state index in [4.69, 9.17) is 4.74 Å². The first-order chi connectivity index (χ1) is 17.2. The molecule has 0 atom stereocenters. The zero-order valence-electron chi connectivity index (χ0n) is 20.2. The molecule has 1 aromatic carbocycles. The Hall–Kier alpha value is -3.41. The van der Waals surface area contributed by atoms with Crippen LogP contribution in [0.25, 0.3) is 0 Å². The summed E-state index contributed by atoms with van der Waals surface area (Å²) in [6, 6.07) is 17.5. The molecule has 35 heavy (non-hydrogen) atoms. The first kappa shape index (κ1) is 23.3. The molecule has 1 amide bonds. The molecule has 2 heterocycles. The molecule has 6 heteroatoms. The monoisotopic (exact) mass is 470 g/mol. The minimum Gasteiger partial charge on any atom is -0.487 e. The summed E-state index contributed by atoms with van der Waals surface area (Å²) in [5.74, 6) is 2.69. The minimum atomic E-state index is -0.106. The number of carbonyl (C=O) groups is 1. The predicted molar refractivity (Wildman–Crippen MR) is 138 cm³/mol. The van der Waals surface area contributed by atoms with Crippen molar-refractivity contribution in [2.45, 2.75) is 63.9 Å². The predicted octanol–water partition coefficient (Wildman–Crippen LogP) is 6.38. The molecular weight excluding hydrogens is 436 g/mol. The third-order valence-corrected chi connectivity index (χ3v) is 6.96. The van der Waals surface area contributed by atoms with E-state index in [-0.39, 0.29) is 5.91 Å². The Balaban J connectivity index is 1.20. The van der Waals surface area contributed by atoms with Gasteiger partial charge in [0.05, 0.1) is 5.69 Å². The van der Waals surface area contributed by atoms with Crippen LogP contribution in [-0.2, 0) is 6.61 Å². The van der Waals surface area contributed by atoms with Crippen LogP contribution in [0.3, 0.4) is 0 Å². The minimum absolute atomic E-state index is 0.106. The average molecular weight is 471 g/mol. The Morgan fingerprint density at radius 3 is 2.66 bits per heavy atom. The van der Waals surface area contributed by atoms with E-state index < -0.39 is 0 Å². The quantitative estimate of drug-likeness (QED) is 0.360. The van der Waals surface area contributed by atoms with E-state index >= 15 is 0 Å². The van der Waals surface area contributed by atoms with E-state index in [2.05, 4.69) is 26.7 Å². The molecule has 2 aliphatic carbocycles. The molecule has 2 N–H and O–H groups in total. The molecule has 5 rings (SSSR count). The van der Waals surface area contributed by atoms with Crippen molar-refractivity contribution in [1.29, 1.82) is 0 Å². The van der Waals surface area contributed by atoms with Crippen molar-refractivity contribution in [3.8, 4) is 5.75 Å². The molecule has 0 saturated heterocycles. The highest BCUT2D eigenvalue weighted by atomic mass is 16.5. The highest BCUT2D eigenvalue weighted by Gasteiger charge is 2.27. The summed E-state index contributed by atoms with van der Waals surface area (Å²) in [4.78, 5) is 21.6. The highest BCUT2D eigenvalue weighted by molar-refractivity contribution is 5.92. The molecule has 0 spiro atoms. The smallest absolute Gasteiger partial charge is 0.269 e. The van der Waals surface area contributed by atoms with Crippen LogP contribution in [0.15, 0.2) is 60.8 Å². The largest absolute Gasteiger partial charge is 0.487 e. The Labute approximate surface area is 207 Å². The van der Waals surface area contributed by atoms with Crippen LogP contribution >= 0.6 is 0 Å². The van der Waals surface area contributed by atoms with Gasteiger partial charge in [-0.2, -0.15) is 0 Å². The summed E-state index contributed by atoms with van der Waals surface area (Å²) in [7, 11) is 0. The number of pyridine rings is 2. The Kier molecular flexibility index (Phi) is 7.56. The number of hydrogen-bond donors (Lipinski definition) is 2. The molecule has 3 aromatic rings. The molecule has 2 fully saturated rings. The lowest BCUT2D eigenvalue weighted by molar-refractivity contribution is 0.0945. The number of ether oxygens (including phenoxy) is 1. The van der Waals surface area contributed by atoms with Gasteiger partial charge < -0.3 is 15.4 Å². The van der Waals surface area contributed by atoms with Crippen molar-refractivity contribution in [3.05, 3.63) is 77.7 Å². The molecule has 0 radical (unpaired) electrons. The number of benzene rings is 1. The van der Waals surface area contributed by atoms with Gasteiger partial charge in [0.2, 0.25) is 0 Å². The number of amides is 1. The highest BCUT2D eigenvalue weighted by Crippen LogP contribution is 2.45. The summed E-state index contributed by atoms with van der Waals surface area (Å²) in [5.41, 5.74) is 3.59. The standard InChI is InChI=1S/C29H34N4O2/c34-29(31-18-16-21-7-2-1-3-8-21)27-10-6-11-28(33-27)32-26-15-14-24(19-25(26)22-12-13-22)35-20-23-9-4-5-17-30-23/h4-6,9-11,14-15,17,19,21-22H,1-3,7-8,12-13,16,18,20H2,(H,31,34)(H,32,33). The summed E-state index contributed by atoms with van der Waals surface area (Å²) in [6.45, 7) is 1.16. The lowest BCUT2D eigenvalue weighted by Crippen LogP contribution is -2.27. The van der Waals surface area contributed by atoms with Crippen LogP contribution in [0.4, 0.5) is 11.5 Å². The number of carbonyl (C=O) groups excluding carboxylic acids is 1. The van der Waals surface area contributed by atoms with E-state index in [9.17, 15) is 4.79 Å². The van der Waals surface area contributed by atoms with Crippen molar-refractivity contribution < 1.29 is 9.53 Å². The fourth-order valence-corrected chi connectivity index (χ4v) is 4.84. The maximum absolute atomic E-state index is 12.7. The van der Waals surface area contributed by atoms with E-state index in [1.807, 2.05) is 42.5 Å². The molecule has 0 bridgehead atoms. The first-order valence-corrected chi connectivity index (χ1v) is 12.9. The normalized spacial score (nSPS) is 16.0. The van der Waals surface area contributed by atoms with Crippen molar-refractivity contribution in [1.82, 2.24) is 15.3 Å². The van der Waals surface area contributed by atoms with Gasteiger partial charge in [0, 0.05) is 18.4 Å². The fourth-order valence-electron chi connectivity index (χ4n) is 4.84. The second kappa shape index (κ2) is 11.3. The maximum atomic E-state index is 12.7. The zero-order chi connectivity index (χ0) is 23.9. The van der Waals surface area contributed by atoms with Crippen LogP contribution < -0.4 is 15.4 Å². The summed E-state index contributed by atoms with van der Waals surface area (Å²) >= 11 is 0. The summed E-state index contributed by atoms with van der Waals surface area (Å²) in [5, 5.41) is 6.50. The second-order valence-electron chi connectivity index (χ2n) is 9.71. The third kappa shape index (κ3) is 6.59. The summed E-state index contributed by atoms with van der Waals surface area (Å²) < 4.78 is 5.99. The topological polar surface area (TPSA) is 76.1 Å². The van der Waals surface area contributed by atoms with Crippen molar-refractivity contribution in [3.63, 3.8) is 0 Å². The first-order valence-electron chi connectivity index (χ1n) is 12.9. The SMILES string of the molecule is O=C(NCCC1CCCCC1)c1cccc(Nc2ccc(OCc3ccccn3)cc2C2CC2)n1. The molecule has 2 aromatic heterocycles. The molecule has 2 aliphatic rings. The molecule has 0 aliphatic heterocycles. The molecular formula is C29H34N4O2. The van der Waals surface area contributed by atoms with Gasteiger partial charge in [-0.15, -0.1) is 0 Å². The number of nitrogens with zero attached hydrogens (tertiary/aromatic N) is 2. The van der Waals surface area contributed by atoms with Gasteiger partial charge in [0.1, 0.15) is 23.9 Å². The lowest BCUT2D eigenvalue weighted by atomic mass is 9.87. The molecule has 6 nitrogen and oxygen atoms in total. The summed E-state index contributed by atoms with van der Waals surface area (Å²) in [6.07, 6.45) is 11.8.